The van der Waals surface area contributed by atoms with Crippen LogP contribution in [0.15, 0.2) is 54.2 Å². The predicted molar refractivity (Wildman–Crippen MR) is 120 cm³/mol. The highest BCUT2D eigenvalue weighted by atomic mass is 32.1. The van der Waals surface area contributed by atoms with Crippen LogP contribution in [0.4, 0.5) is 5.69 Å². The maximum atomic E-state index is 13.3. The number of nitrogens with zero attached hydrogens (tertiary/aromatic N) is 2. The van der Waals surface area contributed by atoms with Gasteiger partial charge in [0, 0.05) is 29.2 Å². The summed E-state index contributed by atoms with van der Waals surface area (Å²) in [6.07, 6.45) is 3.62. The molecule has 2 amide bonds. The number of aryl methyl sites for hydroxylation is 3. The average molecular weight is 404 g/mol. The molecule has 1 N–H and O–H groups in total. The van der Waals surface area contributed by atoms with Gasteiger partial charge in [-0.2, -0.15) is 0 Å². The number of nitrogens with one attached hydrogen (secondary N) is 1. The van der Waals surface area contributed by atoms with E-state index in [1.807, 2.05) is 62.5 Å². The van der Waals surface area contributed by atoms with Crippen LogP contribution in [0.3, 0.4) is 0 Å². The Bertz CT molecular complexity index is 1210. The lowest BCUT2D eigenvalue weighted by molar-refractivity contribution is -0.122. The number of amides is 2. The standard InChI is InChI=1S/C23H21N3O2S/c1-4-25-13-16(17-7-5-6-8-19(17)25)12-18-21(27)24-23(29)26(22(18)28)20-11-14(2)9-10-15(20)3/h5-13H,4H2,1-3H3,(H,24,27,29)/b18-12+. The second kappa shape index (κ2) is 7.29. The number of hydrogen-bond donors (Lipinski definition) is 1. The first-order valence-corrected chi connectivity index (χ1v) is 9.88. The lowest BCUT2D eigenvalue weighted by Gasteiger charge is -2.30. The summed E-state index contributed by atoms with van der Waals surface area (Å²) in [6.45, 7) is 6.72. The molecule has 1 aliphatic heterocycles. The maximum absolute atomic E-state index is 13.3. The van der Waals surface area contributed by atoms with E-state index >= 15 is 0 Å². The van der Waals surface area contributed by atoms with Crippen molar-refractivity contribution in [2.75, 3.05) is 4.90 Å². The molecule has 1 aliphatic rings. The first-order chi connectivity index (χ1) is 13.9. The molecule has 0 unspecified atom stereocenters. The van der Waals surface area contributed by atoms with E-state index in [-0.39, 0.29) is 10.7 Å². The number of benzene rings is 2. The number of para-hydroxylation sites is 1. The molecule has 29 heavy (non-hydrogen) atoms. The Morgan fingerprint density at radius 1 is 1.10 bits per heavy atom. The number of rotatable bonds is 3. The number of carbonyl (C=O) groups excluding carboxylic acids is 2. The van der Waals surface area contributed by atoms with Crippen LogP contribution in [0.25, 0.3) is 17.0 Å². The van der Waals surface area contributed by atoms with Gasteiger partial charge < -0.3 is 4.57 Å². The SMILES string of the molecule is CCn1cc(/C=C2\C(=O)NC(=S)N(c3cc(C)ccc3C)C2=O)c2ccccc21. The van der Waals surface area contributed by atoms with Gasteiger partial charge in [0.1, 0.15) is 5.57 Å². The number of fused-ring (bicyclic) bond motifs is 1. The van der Waals surface area contributed by atoms with Gasteiger partial charge in [-0.15, -0.1) is 0 Å². The third kappa shape index (κ3) is 3.25. The summed E-state index contributed by atoms with van der Waals surface area (Å²) in [6, 6.07) is 13.8. The minimum atomic E-state index is -0.477. The van der Waals surface area contributed by atoms with Crippen LogP contribution < -0.4 is 10.2 Å². The minimum Gasteiger partial charge on any atom is -0.347 e. The van der Waals surface area contributed by atoms with Crippen LogP contribution in [0.1, 0.15) is 23.6 Å². The van der Waals surface area contributed by atoms with Crippen molar-refractivity contribution < 1.29 is 9.59 Å². The molecule has 5 nitrogen and oxygen atoms in total. The van der Waals surface area contributed by atoms with Crippen molar-refractivity contribution in [1.29, 1.82) is 0 Å². The van der Waals surface area contributed by atoms with E-state index in [1.165, 1.54) is 4.90 Å². The third-order valence-electron chi connectivity index (χ3n) is 5.17. The van der Waals surface area contributed by atoms with Crippen molar-refractivity contribution in [1.82, 2.24) is 9.88 Å². The predicted octanol–water partition coefficient (Wildman–Crippen LogP) is 4.11. The Morgan fingerprint density at radius 2 is 1.86 bits per heavy atom. The van der Waals surface area contributed by atoms with Gasteiger partial charge in [0.2, 0.25) is 0 Å². The summed E-state index contributed by atoms with van der Waals surface area (Å²) < 4.78 is 2.10. The van der Waals surface area contributed by atoms with E-state index in [2.05, 4.69) is 16.8 Å². The molecule has 0 spiro atoms. The van der Waals surface area contributed by atoms with E-state index in [4.69, 9.17) is 12.2 Å². The van der Waals surface area contributed by atoms with Crippen molar-refractivity contribution in [2.24, 2.45) is 0 Å². The first kappa shape index (κ1) is 19.1. The van der Waals surface area contributed by atoms with Gasteiger partial charge >= 0.3 is 0 Å². The van der Waals surface area contributed by atoms with Crippen LogP contribution in [0.5, 0.6) is 0 Å². The van der Waals surface area contributed by atoms with Crippen LogP contribution >= 0.6 is 12.2 Å². The Morgan fingerprint density at radius 3 is 2.62 bits per heavy atom. The fourth-order valence-corrected chi connectivity index (χ4v) is 3.92. The lowest BCUT2D eigenvalue weighted by atomic mass is 10.0. The fourth-order valence-electron chi connectivity index (χ4n) is 3.64. The Balaban J connectivity index is 1.84. The van der Waals surface area contributed by atoms with Gasteiger partial charge in [0.25, 0.3) is 11.8 Å². The highest BCUT2D eigenvalue weighted by molar-refractivity contribution is 7.80. The van der Waals surface area contributed by atoms with Gasteiger partial charge in [0.15, 0.2) is 5.11 Å². The molecule has 0 saturated carbocycles. The summed E-state index contributed by atoms with van der Waals surface area (Å²) in [5.41, 5.74) is 4.56. The van der Waals surface area contributed by atoms with Crippen molar-refractivity contribution in [2.45, 2.75) is 27.3 Å². The molecule has 1 fully saturated rings. The lowest BCUT2D eigenvalue weighted by Crippen LogP contribution is -2.54. The summed E-state index contributed by atoms with van der Waals surface area (Å²) in [5, 5.41) is 3.76. The minimum absolute atomic E-state index is 0.0681. The second-order valence-corrected chi connectivity index (χ2v) is 7.52. The van der Waals surface area contributed by atoms with E-state index in [9.17, 15) is 9.59 Å². The zero-order chi connectivity index (χ0) is 20.7. The van der Waals surface area contributed by atoms with Crippen molar-refractivity contribution in [3.63, 3.8) is 0 Å². The molecule has 0 radical (unpaired) electrons. The topological polar surface area (TPSA) is 54.3 Å². The van der Waals surface area contributed by atoms with E-state index < -0.39 is 11.8 Å². The van der Waals surface area contributed by atoms with Crippen LogP contribution in [-0.2, 0) is 16.1 Å². The Kier molecular flexibility index (Phi) is 4.80. The fraction of sp³-hybridized carbons (Fsp3) is 0.174. The quantitative estimate of drug-likeness (QED) is 0.407. The normalized spacial score (nSPS) is 16.0. The molecule has 3 aromatic rings. The molecular formula is C23H21N3O2S. The monoisotopic (exact) mass is 403 g/mol. The van der Waals surface area contributed by atoms with Crippen molar-refractivity contribution in [3.8, 4) is 0 Å². The summed E-state index contributed by atoms with van der Waals surface area (Å²) in [5.74, 6) is -0.893. The summed E-state index contributed by atoms with van der Waals surface area (Å²) >= 11 is 5.33. The molecule has 2 aromatic carbocycles. The molecule has 146 valence electrons. The molecule has 2 heterocycles. The van der Waals surface area contributed by atoms with Crippen LogP contribution in [0.2, 0.25) is 0 Å². The molecule has 0 atom stereocenters. The Labute approximate surface area is 174 Å². The Hall–Kier alpha value is -3.25. The van der Waals surface area contributed by atoms with Gasteiger partial charge in [-0.05, 0) is 62.3 Å². The number of thiocarbonyl (C=S) groups is 1. The van der Waals surface area contributed by atoms with Gasteiger partial charge in [-0.1, -0.05) is 30.3 Å². The smallest absolute Gasteiger partial charge is 0.270 e. The first-order valence-electron chi connectivity index (χ1n) is 9.47. The van der Waals surface area contributed by atoms with Crippen LogP contribution in [0, 0.1) is 13.8 Å². The average Bonchev–Trinajstić information content (AvgIpc) is 3.05. The van der Waals surface area contributed by atoms with Crippen LogP contribution in [-0.4, -0.2) is 21.5 Å². The highest BCUT2D eigenvalue weighted by Gasteiger charge is 2.35. The molecule has 0 bridgehead atoms. The van der Waals surface area contributed by atoms with Crippen molar-refractivity contribution in [3.05, 3.63) is 70.9 Å². The summed E-state index contributed by atoms with van der Waals surface area (Å²) in [7, 11) is 0. The number of aromatic nitrogens is 1. The molecule has 1 aromatic heterocycles. The van der Waals surface area contributed by atoms with Crippen molar-refractivity contribution >= 4 is 51.8 Å². The maximum Gasteiger partial charge on any atom is 0.270 e. The zero-order valence-corrected chi connectivity index (χ0v) is 17.3. The van der Waals surface area contributed by atoms with E-state index in [0.717, 1.165) is 34.1 Å². The van der Waals surface area contributed by atoms with Gasteiger partial charge in [-0.3, -0.25) is 19.8 Å². The zero-order valence-electron chi connectivity index (χ0n) is 16.5. The molecule has 0 aliphatic carbocycles. The number of hydrogen-bond acceptors (Lipinski definition) is 3. The molecular weight excluding hydrogens is 382 g/mol. The van der Waals surface area contributed by atoms with Gasteiger partial charge in [0.05, 0.1) is 5.69 Å². The highest BCUT2D eigenvalue weighted by Crippen LogP contribution is 2.28. The second-order valence-electron chi connectivity index (χ2n) is 7.14. The molecule has 4 rings (SSSR count). The van der Waals surface area contributed by atoms with Gasteiger partial charge in [-0.25, -0.2) is 0 Å². The summed E-state index contributed by atoms with van der Waals surface area (Å²) in [4.78, 5) is 27.4. The molecule has 6 heteroatoms. The largest absolute Gasteiger partial charge is 0.347 e. The third-order valence-corrected chi connectivity index (χ3v) is 5.45. The number of carbonyl (C=O) groups is 2. The number of anilines is 1. The van der Waals surface area contributed by atoms with E-state index in [1.54, 1.807) is 6.08 Å². The molecule has 1 saturated heterocycles. The van der Waals surface area contributed by atoms with E-state index in [0.29, 0.717) is 5.69 Å².